The number of rotatable bonds is 8. The summed E-state index contributed by atoms with van der Waals surface area (Å²) in [4.78, 5) is 26.5. The van der Waals surface area contributed by atoms with Crippen molar-refractivity contribution in [2.24, 2.45) is 0 Å². The van der Waals surface area contributed by atoms with Gasteiger partial charge in [0.2, 0.25) is 5.91 Å². The number of hydrogen-bond acceptors (Lipinski definition) is 4. The molecule has 0 saturated carbocycles. The van der Waals surface area contributed by atoms with Crippen molar-refractivity contribution < 1.29 is 14.3 Å². The molecular formula is C23H19BrClNO3S. The van der Waals surface area contributed by atoms with E-state index in [2.05, 4.69) is 21.2 Å². The summed E-state index contributed by atoms with van der Waals surface area (Å²) in [5.74, 6) is 1.00. The van der Waals surface area contributed by atoms with Gasteiger partial charge in [0.15, 0.2) is 5.78 Å². The molecule has 0 radical (unpaired) electrons. The number of anilines is 1. The zero-order valence-electron chi connectivity index (χ0n) is 16.2. The van der Waals surface area contributed by atoms with E-state index in [-0.39, 0.29) is 11.7 Å². The van der Waals surface area contributed by atoms with Gasteiger partial charge in [-0.3, -0.25) is 9.59 Å². The van der Waals surface area contributed by atoms with Crippen molar-refractivity contribution in [3.05, 3.63) is 87.4 Å². The number of hydrogen-bond donors (Lipinski definition) is 1. The first kappa shape index (κ1) is 22.4. The van der Waals surface area contributed by atoms with Crippen LogP contribution in [0, 0.1) is 0 Å². The normalized spacial score (nSPS) is 10.5. The smallest absolute Gasteiger partial charge is 0.225 e. The summed E-state index contributed by atoms with van der Waals surface area (Å²) in [6.45, 7) is 0. The van der Waals surface area contributed by atoms with Crippen LogP contribution in [0.3, 0.4) is 0 Å². The quantitative estimate of drug-likeness (QED) is 0.282. The zero-order chi connectivity index (χ0) is 21.5. The van der Waals surface area contributed by atoms with E-state index in [9.17, 15) is 9.59 Å². The molecule has 0 bridgehead atoms. The molecule has 1 amide bonds. The van der Waals surface area contributed by atoms with E-state index in [0.29, 0.717) is 34.0 Å². The highest BCUT2D eigenvalue weighted by molar-refractivity contribution is 9.10. The lowest BCUT2D eigenvalue weighted by molar-refractivity contribution is -0.115. The first-order valence-corrected chi connectivity index (χ1v) is 11.3. The Morgan fingerprint density at radius 1 is 1.03 bits per heavy atom. The highest BCUT2D eigenvalue weighted by Crippen LogP contribution is 2.27. The van der Waals surface area contributed by atoms with Gasteiger partial charge in [-0.15, -0.1) is 11.8 Å². The van der Waals surface area contributed by atoms with Gasteiger partial charge in [-0.25, -0.2) is 0 Å². The second-order valence-corrected chi connectivity index (χ2v) is 8.81. The molecule has 0 saturated heterocycles. The lowest BCUT2D eigenvalue weighted by Crippen LogP contribution is -2.15. The van der Waals surface area contributed by atoms with E-state index < -0.39 is 0 Å². The van der Waals surface area contributed by atoms with Gasteiger partial charge in [0.1, 0.15) is 5.75 Å². The Bertz CT molecular complexity index is 1060. The number of amides is 1. The molecule has 0 aromatic heterocycles. The number of benzene rings is 3. The van der Waals surface area contributed by atoms with E-state index in [1.165, 1.54) is 0 Å². The zero-order valence-corrected chi connectivity index (χ0v) is 19.3. The lowest BCUT2D eigenvalue weighted by atomic mass is 10.0. The monoisotopic (exact) mass is 503 g/mol. The molecule has 3 aromatic rings. The van der Waals surface area contributed by atoms with E-state index in [1.807, 2.05) is 24.3 Å². The third-order valence-electron chi connectivity index (χ3n) is 4.28. The van der Waals surface area contributed by atoms with Crippen molar-refractivity contribution in [3.63, 3.8) is 0 Å². The summed E-state index contributed by atoms with van der Waals surface area (Å²) in [5, 5.41) is 3.23. The van der Waals surface area contributed by atoms with Crippen LogP contribution in [0.1, 0.15) is 22.3 Å². The van der Waals surface area contributed by atoms with Gasteiger partial charge in [0.25, 0.3) is 0 Å². The van der Waals surface area contributed by atoms with Crippen molar-refractivity contribution in [3.8, 4) is 5.75 Å². The number of ether oxygens (including phenoxy) is 1. The van der Waals surface area contributed by atoms with Crippen LogP contribution in [0.5, 0.6) is 5.75 Å². The largest absolute Gasteiger partial charge is 0.497 e. The predicted octanol–water partition coefficient (Wildman–Crippen LogP) is 6.46. The Morgan fingerprint density at radius 2 is 1.77 bits per heavy atom. The maximum absolute atomic E-state index is 13.0. The van der Waals surface area contributed by atoms with Crippen molar-refractivity contribution in [1.29, 1.82) is 0 Å². The van der Waals surface area contributed by atoms with E-state index >= 15 is 0 Å². The third-order valence-corrected chi connectivity index (χ3v) is 6.11. The Morgan fingerprint density at radius 3 is 2.47 bits per heavy atom. The molecule has 0 unspecified atom stereocenters. The minimum absolute atomic E-state index is 0.161. The van der Waals surface area contributed by atoms with E-state index in [1.54, 1.807) is 61.3 Å². The van der Waals surface area contributed by atoms with Crippen LogP contribution in [0.2, 0.25) is 5.02 Å². The maximum Gasteiger partial charge on any atom is 0.225 e. The molecular weight excluding hydrogens is 486 g/mol. The van der Waals surface area contributed by atoms with Gasteiger partial charge >= 0.3 is 0 Å². The molecule has 0 aliphatic heterocycles. The van der Waals surface area contributed by atoms with Crippen molar-refractivity contribution in [1.82, 2.24) is 0 Å². The van der Waals surface area contributed by atoms with Crippen LogP contribution in [0.25, 0.3) is 0 Å². The molecule has 154 valence electrons. The molecule has 0 heterocycles. The molecule has 0 aliphatic carbocycles. The molecule has 30 heavy (non-hydrogen) atoms. The summed E-state index contributed by atoms with van der Waals surface area (Å²) < 4.78 is 5.89. The summed E-state index contributed by atoms with van der Waals surface area (Å²) >= 11 is 11.2. The predicted molar refractivity (Wildman–Crippen MR) is 126 cm³/mol. The standard InChI is InChI=1S/C23H19BrClNO3S/c1-29-16-7-9-17(10-8-16)30-13-12-22(27)26-21-11-6-15(24)14-19(21)23(28)18-4-2-3-5-20(18)25/h2-11,14H,12-13H2,1H3,(H,26,27). The maximum atomic E-state index is 13.0. The number of methoxy groups -OCH3 is 1. The first-order valence-electron chi connectivity index (χ1n) is 9.13. The van der Waals surface area contributed by atoms with Crippen molar-refractivity contribution in [2.45, 2.75) is 11.3 Å². The van der Waals surface area contributed by atoms with Crippen LogP contribution in [-0.2, 0) is 4.79 Å². The summed E-state index contributed by atoms with van der Waals surface area (Å²) in [6, 6.07) is 19.7. The van der Waals surface area contributed by atoms with Gasteiger partial charge in [0.05, 0.1) is 17.8 Å². The second kappa shape index (κ2) is 10.7. The van der Waals surface area contributed by atoms with Gasteiger partial charge in [-0.2, -0.15) is 0 Å². The molecule has 3 rings (SSSR count). The summed E-state index contributed by atoms with van der Waals surface area (Å²) in [7, 11) is 1.62. The van der Waals surface area contributed by atoms with Crippen molar-refractivity contribution >= 4 is 56.7 Å². The van der Waals surface area contributed by atoms with E-state index in [4.69, 9.17) is 16.3 Å². The minimum Gasteiger partial charge on any atom is -0.497 e. The Kier molecular flexibility index (Phi) is 7.96. The van der Waals surface area contributed by atoms with Crippen LogP contribution >= 0.6 is 39.3 Å². The van der Waals surface area contributed by atoms with Gasteiger partial charge in [0, 0.05) is 32.7 Å². The highest BCUT2D eigenvalue weighted by atomic mass is 79.9. The molecule has 0 aliphatic rings. The number of ketones is 1. The molecule has 1 N–H and O–H groups in total. The fourth-order valence-electron chi connectivity index (χ4n) is 2.75. The Labute approximate surface area is 193 Å². The number of thioether (sulfide) groups is 1. The molecule has 0 spiro atoms. The molecule has 7 heteroatoms. The van der Waals surface area contributed by atoms with Crippen LogP contribution < -0.4 is 10.1 Å². The fourth-order valence-corrected chi connectivity index (χ4v) is 4.18. The van der Waals surface area contributed by atoms with Gasteiger partial charge in [-0.1, -0.05) is 39.7 Å². The average molecular weight is 505 g/mol. The average Bonchev–Trinajstić information content (AvgIpc) is 2.75. The molecule has 0 fully saturated rings. The van der Waals surface area contributed by atoms with Crippen molar-refractivity contribution in [2.75, 3.05) is 18.2 Å². The topological polar surface area (TPSA) is 55.4 Å². The third kappa shape index (κ3) is 5.88. The van der Waals surface area contributed by atoms with Crippen LogP contribution in [0.15, 0.2) is 76.1 Å². The van der Waals surface area contributed by atoms with Crippen LogP contribution in [0.4, 0.5) is 5.69 Å². The van der Waals surface area contributed by atoms with E-state index in [0.717, 1.165) is 15.1 Å². The minimum atomic E-state index is -0.246. The van der Waals surface area contributed by atoms with Gasteiger partial charge in [-0.05, 0) is 54.6 Å². The Balaban J connectivity index is 1.66. The van der Waals surface area contributed by atoms with Gasteiger partial charge < -0.3 is 10.1 Å². The van der Waals surface area contributed by atoms with Crippen LogP contribution in [-0.4, -0.2) is 24.6 Å². The number of carbonyl (C=O) groups is 2. The SMILES string of the molecule is COc1ccc(SCCC(=O)Nc2ccc(Br)cc2C(=O)c2ccccc2Cl)cc1. The summed E-state index contributed by atoms with van der Waals surface area (Å²) in [5.41, 5.74) is 1.24. The highest BCUT2D eigenvalue weighted by Gasteiger charge is 2.18. The molecule has 3 aromatic carbocycles. The molecule has 4 nitrogen and oxygen atoms in total. The molecule has 0 atom stereocenters. The first-order chi connectivity index (χ1) is 14.5. The fraction of sp³-hybridized carbons (Fsp3) is 0.130. The Hall–Kier alpha value is -2.28. The number of nitrogens with one attached hydrogen (secondary N) is 1. The lowest BCUT2D eigenvalue weighted by Gasteiger charge is -2.12. The summed E-state index contributed by atoms with van der Waals surface area (Å²) in [6.07, 6.45) is 0.312. The number of carbonyl (C=O) groups excluding carboxylic acids is 2. The second-order valence-electron chi connectivity index (χ2n) is 6.32. The number of halogens is 2.